The van der Waals surface area contributed by atoms with Gasteiger partial charge in [-0.3, -0.25) is 4.79 Å². The number of fused-ring (bicyclic) bond motifs is 1. The summed E-state index contributed by atoms with van der Waals surface area (Å²) in [4.78, 5) is 19.5. The van der Waals surface area contributed by atoms with Crippen LogP contribution in [-0.2, 0) is 11.8 Å². The topological polar surface area (TPSA) is 64.7 Å². The number of hydrogen-bond donors (Lipinski definition) is 0. The van der Waals surface area contributed by atoms with Gasteiger partial charge in [-0.25, -0.2) is 9.50 Å². The van der Waals surface area contributed by atoms with Gasteiger partial charge >= 0.3 is 0 Å². The summed E-state index contributed by atoms with van der Waals surface area (Å²) in [7, 11) is 1.98. The third-order valence-corrected chi connectivity index (χ3v) is 4.45. The lowest BCUT2D eigenvalue weighted by atomic mass is 10.1. The van der Waals surface area contributed by atoms with Crippen LogP contribution in [0.15, 0.2) is 36.8 Å². The van der Waals surface area contributed by atoms with E-state index >= 15 is 0 Å². The molecule has 7 heteroatoms. The Balaban J connectivity index is 1.73. The molecular formula is C17H19N5O2. The molecule has 0 bridgehead atoms. The van der Waals surface area contributed by atoms with E-state index in [1.807, 2.05) is 54.0 Å². The average Bonchev–Trinajstić information content (AvgIpc) is 3.20. The summed E-state index contributed by atoms with van der Waals surface area (Å²) in [5, 5.41) is 4.25. The molecule has 1 saturated heterocycles. The van der Waals surface area contributed by atoms with Crippen molar-refractivity contribution in [3.8, 4) is 0 Å². The molecule has 1 fully saturated rings. The fourth-order valence-corrected chi connectivity index (χ4v) is 3.18. The molecular weight excluding hydrogens is 306 g/mol. The molecule has 124 valence electrons. The number of aryl methyl sites for hydroxylation is 2. The van der Waals surface area contributed by atoms with Crippen molar-refractivity contribution in [2.45, 2.75) is 13.0 Å². The molecule has 0 aliphatic carbocycles. The Kier molecular flexibility index (Phi) is 3.57. The Morgan fingerprint density at radius 1 is 1.33 bits per heavy atom. The van der Waals surface area contributed by atoms with E-state index in [9.17, 15) is 4.79 Å². The van der Waals surface area contributed by atoms with Gasteiger partial charge in [-0.15, -0.1) is 0 Å². The zero-order chi connectivity index (χ0) is 16.7. The number of carbonyl (C=O) groups excluding carboxylic acids is 1. The Morgan fingerprint density at radius 3 is 3.00 bits per heavy atom. The van der Waals surface area contributed by atoms with Gasteiger partial charge < -0.3 is 14.2 Å². The van der Waals surface area contributed by atoms with Gasteiger partial charge in [0.1, 0.15) is 5.56 Å². The van der Waals surface area contributed by atoms with Crippen LogP contribution in [0.2, 0.25) is 0 Å². The van der Waals surface area contributed by atoms with Crippen LogP contribution >= 0.6 is 0 Å². The van der Waals surface area contributed by atoms with Crippen molar-refractivity contribution >= 4 is 11.6 Å². The molecule has 3 aromatic heterocycles. The van der Waals surface area contributed by atoms with Crippen molar-refractivity contribution in [3.05, 3.63) is 53.7 Å². The molecule has 4 rings (SSSR count). The summed E-state index contributed by atoms with van der Waals surface area (Å²) in [5.74, 6) is -0.0578. The quantitative estimate of drug-likeness (QED) is 0.718. The highest BCUT2D eigenvalue weighted by atomic mass is 16.5. The Labute approximate surface area is 139 Å². The van der Waals surface area contributed by atoms with Gasteiger partial charge in [0.25, 0.3) is 5.91 Å². The first-order valence-electron chi connectivity index (χ1n) is 7.96. The predicted octanol–water partition coefficient (Wildman–Crippen LogP) is 1.59. The molecule has 1 aliphatic rings. The molecule has 4 heterocycles. The van der Waals surface area contributed by atoms with Gasteiger partial charge in [0.15, 0.2) is 5.65 Å². The number of amides is 1. The van der Waals surface area contributed by atoms with Crippen LogP contribution in [0.4, 0.5) is 0 Å². The second kappa shape index (κ2) is 5.76. The van der Waals surface area contributed by atoms with Crippen molar-refractivity contribution in [1.82, 2.24) is 24.1 Å². The third-order valence-electron chi connectivity index (χ3n) is 4.45. The van der Waals surface area contributed by atoms with Crippen LogP contribution in [-0.4, -0.2) is 49.7 Å². The van der Waals surface area contributed by atoms with Crippen molar-refractivity contribution in [1.29, 1.82) is 0 Å². The number of rotatable bonds is 2. The molecule has 0 spiro atoms. The number of aromatic nitrogens is 4. The van der Waals surface area contributed by atoms with E-state index in [0.717, 1.165) is 11.4 Å². The fourth-order valence-electron chi connectivity index (χ4n) is 3.18. The Morgan fingerprint density at radius 2 is 2.21 bits per heavy atom. The standard InChI is InChI=1S/C17H19N5O2/c1-12-5-7-22-16(19-12)13(10-18-22)17(23)21-8-9-24-11-15(21)14-4-3-6-20(14)2/h3-7,10,15H,8-9,11H2,1-2H3. The van der Waals surface area contributed by atoms with Crippen molar-refractivity contribution in [2.75, 3.05) is 19.8 Å². The highest BCUT2D eigenvalue weighted by Gasteiger charge is 2.32. The van der Waals surface area contributed by atoms with Gasteiger partial charge in [0, 0.05) is 37.4 Å². The maximum Gasteiger partial charge on any atom is 0.260 e. The van der Waals surface area contributed by atoms with Crippen LogP contribution < -0.4 is 0 Å². The van der Waals surface area contributed by atoms with E-state index in [4.69, 9.17) is 4.74 Å². The summed E-state index contributed by atoms with van der Waals surface area (Å²) in [5.41, 5.74) is 3.04. The predicted molar refractivity (Wildman–Crippen MR) is 87.7 cm³/mol. The van der Waals surface area contributed by atoms with E-state index in [1.54, 1.807) is 10.7 Å². The fraction of sp³-hybridized carbons (Fsp3) is 0.353. The lowest BCUT2D eigenvalue weighted by Crippen LogP contribution is -2.44. The SMILES string of the molecule is Cc1ccn2ncc(C(=O)N3CCOCC3c3cccn3C)c2n1. The first-order valence-corrected chi connectivity index (χ1v) is 7.96. The van der Waals surface area contributed by atoms with Crippen LogP contribution in [0.3, 0.4) is 0 Å². The molecule has 3 aromatic rings. The number of morpholine rings is 1. The van der Waals surface area contributed by atoms with Gasteiger partial charge in [-0.05, 0) is 25.1 Å². The number of hydrogen-bond acceptors (Lipinski definition) is 4. The van der Waals surface area contributed by atoms with Gasteiger partial charge in [-0.2, -0.15) is 5.10 Å². The summed E-state index contributed by atoms with van der Waals surface area (Å²) >= 11 is 0. The Bertz CT molecular complexity index is 897. The smallest absolute Gasteiger partial charge is 0.260 e. The summed E-state index contributed by atoms with van der Waals surface area (Å²) in [6, 6.07) is 5.77. The van der Waals surface area contributed by atoms with E-state index in [2.05, 4.69) is 10.1 Å². The van der Waals surface area contributed by atoms with E-state index < -0.39 is 0 Å². The minimum atomic E-state index is -0.106. The summed E-state index contributed by atoms with van der Waals surface area (Å²) in [6.07, 6.45) is 5.40. The molecule has 0 aromatic carbocycles. The molecule has 7 nitrogen and oxygen atoms in total. The van der Waals surface area contributed by atoms with Gasteiger partial charge in [-0.1, -0.05) is 0 Å². The van der Waals surface area contributed by atoms with E-state index in [-0.39, 0.29) is 11.9 Å². The van der Waals surface area contributed by atoms with Gasteiger partial charge in [0.2, 0.25) is 0 Å². The monoisotopic (exact) mass is 325 g/mol. The average molecular weight is 325 g/mol. The zero-order valence-electron chi connectivity index (χ0n) is 13.7. The van der Waals surface area contributed by atoms with Crippen LogP contribution in [0, 0.1) is 6.92 Å². The second-order valence-electron chi connectivity index (χ2n) is 6.03. The van der Waals surface area contributed by atoms with Crippen molar-refractivity contribution in [3.63, 3.8) is 0 Å². The van der Waals surface area contributed by atoms with Crippen molar-refractivity contribution in [2.24, 2.45) is 7.05 Å². The summed E-state index contributed by atoms with van der Waals surface area (Å²) in [6.45, 7) is 3.49. The highest BCUT2D eigenvalue weighted by Crippen LogP contribution is 2.26. The molecule has 1 amide bonds. The largest absolute Gasteiger partial charge is 0.377 e. The van der Waals surface area contributed by atoms with E-state index in [1.165, 1.54) is 0 Å². The maximum absolute atomic E-state index is 13.2. The lowest BCUT2D eigenvalue weighted by molar-refractivity contribution is -0.00454. The van der Waals surface area contributed by atoms with Gasteiger partial charge in [0.05, 0.1) is 25.5 Å². The van der Waals surface area contributed by atoms with E-state index in [0.29, 0.717) is 31.0 Å². The molecule has 1 unspecified atom stereocenters. The normalized spacial score (nSPS) is 18.2. The second-order valence-corrected chi connectivity index (χ2v) is 6.03. The first-order chi connectivity index (χ1) is 11.6. The maximum atomic E-state index is 13.2. The molecule has 1 atom stereocenters. The summed E-state index contributed by atoms with van der Waals surface area (Å²) < 4.78 is 9.28. The van der Waals surface area contributed by atoms with Crippen LogP contribution in [0.1, 0.15) is 27.8 Å². The lowest BCUT2D eigenvalue weighted by Gasteiger charge is -2.35. The number of ether oxygens (including phenoxy) is 1. The Hall–Kier alpha value is -2.67. The number of carbonyl (C=O) groups is 1. The van der Waals surface area contributed by atoms with Crippen LogP contribution in [0.25, 0.3) is 5.65 Å². The third kappa shape index (κ3) is 2.37. The minimum absolute atomic E-state index is 0.0578. The minimum Gasteiger partial charge on any atom is -0.377 e. The zero-order valence-corrected chi connectivity index (χ0v) is 13.7. The first kappa shape index (κ1) is 14.9. The molecule has 0 radical (unpaired) electrons. The highest BCUT2D eigenvalue weighted by molar-refractivity contribution is 5.99. The molecule has 0 saturated carbocycles. The molecule has 1 aliphatic heterocycles. The molecule has 0 N–H and O–H groups in total. The molecule has 24 heavy (non-hydrogen) atoms. The van der Waals surface area contributed by atoms with Crippen LogP contribution in [0.5, 0.6) is 0 Å². The van der Waals surface area contributed by atoms with Crippen molar-refractivity contribution < 1.29 is 9.53 Å². The number of nitrogens with zero attached hydrogens (tertiary/aromatic N) is 5.